The molecule has 0 saturated heterocycles. The maximum atomic E-state index is 14.7. The molecule has 20 nitrogen and oxygen atoms in total. The Morgan fingerprint density at radius 2 is 0.532 bits per heavy atom. The van der Waals surface area contributed by atoms with Gasteiger partial charge in [-0.2, -0.15) is 0 Å². The van der Waals surface area contributed by atoms with E-state index in [4.69, 9.17) is 42.6 Å². The molecule has 94 heavy (non-hydrogen) atoms. The van der Waals surface area contributed by atoms with E-state index in [-0.39, 0.29) is 161 Å². The molecule has 5 rings (SSSR count). The van der Waals surface area contributed by atoms with Crippen LogP contribution in [-0.4, -0.2) is 124 Å². The van der Waals surface area contributed by atoms with Crippen LogP contribution in [0.2, 0.25) is 0 Å². The zero-order valence-corrected chi connectivity index (χ0v) is 56.0. The molecular formula is C74H92O20. The van der Waals surface area contributed by atoms with Crippen LogP contribution in [-0.2, 0) is 82.9 Å². The van der Waals surface area contributed by atoms with Gasteiger partial charge in [0.05, 0.1) is 6.61 Å². The van der Waals surface area contributed by atoms with Crippen molar-refractivity contribution in [3.05, 3.63) is 127 Å². The highest BCUT2D eigenvalue weighted by Crippen LogP contribution is 2.42. The summed E-state index contributed by atoms with van der Waals surface area (Å²) in [5.41, 5.74) is 4.46. The Bertz CT molecular complexity index is 3230. The molecule has 0 aromatic heterocycles. The van der Waals surface area contributed by atoms with Gasteiger partial charge >= 0.3 is 29.8 Å². The van der Waals surface area contributed by atoms with Crippen molar-refractivity contribution in [3.63, 3.8) is 0 Å². The average molecular weight is 1300 g/mol. The first-order chi connectivity index (χ1) is 45.1. The Balaban J connectivity index is 2.03. The second-order valence-electron chi connectivity index (χ2n) is 23.3. The molecule has 508 valence electrons. The predicted molar refractivity (Wildman–Crippen MR) is 350 cm³/mol. The lowest BCUT2D eigenvalue weighted by atomic mass is 9.86. The number of carbonyl (C=O) groups excluding carboxylic acids is 11. The maximum Gasteiger partial charge on any atom is 0.417 e. The summed E-state index contributed by atoms with van der Waals surface area (Å²) in [7, 11) is 0. The van der Waals surface area contributed by atoms with Crippen LogP contribution in [0.3, 0.4) is 0 Å². The van der Waals surface area contributed by atoms with E-state index in [0.717, 1.165) is 65.2 Å². The van der Waals surface area contributed by atoms with Gasteiger partial charge in [0, 0.05) is 93.0 Å². The lowest BCUT2D eigenvalue weighted by molar-refractivity contribution is -0.167. The van der Waals surface area contributed by atoms with Crippen molar-refractivity contribution >= 4 is 64.5 Å². The molecule has 0 N–H and O–H groups in total. The van der Waals surface area contributed by atoms with Crippen LogP contribution in [0.4, 0.5) is 0 Å². The lowest BCUT2D eigenvalue weighted by Crippen LogP contribution is -2.23. The van der Waals surface area contributed by atoms with Crippen LogP contribution >= 0.6 is 0 Å². The van der Waals surface area contributed by atoms with Gasteiger partial charge in [-0.25, -0.2) is 24.0 Å². The molecule has 0 heterocycles. The third-order valence-corrected chi connectivity index (χ3v) is 15.4. The van der Waals surface area contributed by atoms with Crippen LogP contribution < -0.4 is 18.9 Å². The molecule has 0 amide bonds. The predicted octanol–water partition coefficient (Wildman–Crippen LogP) is 12.4. The summed E-state index contributed by atoms with van der Waals surface area (Å²) >= 11 is 0. The van der Waals surface area contributed by atoms with Crippen molar-refractivity contribution in [2.24, 2.45) is 0 Å². The highest BCUT2D eigenvalue weighted by molar-refractivity contribution is 6.33. The zero-order chi connectivity index (χ0) is 68.7. The number of ether oxygens (including phenoxy) is 9. The van der Waals surface area contributed by atoms with E-state index in [0.29, 0.717) is 86.9 Å². The largest absolute Gasteiger partial charge is 0.489 e. The fraction of sp³-hybridized carbons (Fsp3) is 0.500. The molecule has 0 spiro atoms. The van der Waals surface area contributed by atoms with Gasteiger partial charge in [0.2, 0.25) is 11.6 Å². The van der Waals surface area contributed by atoms with E-state index in [1.807, 2.05) is 27.7 Å². The van der Waals surface area contributed by atoms with Gasteiger partial charge in [0.25, 0.3) is 0 Å². The summed E-state index contributed by atoms with van der Waals surface area (Å²) < 4.78 is 53.2. The van der Waals surface area contributed by atoms with E-state index in [9.17, 15) is 52.7 Å². The van der Waals surface area contributed by atoms with Crippen molar-refractivity contribution < 1.29 is 95.4 Å². The van der Waals surface area contributed by atoms with E-state index < -0.39 is 48.0 Å². The quantitative estimate of drug-likeness (QED) is 0.00880. The van der Waals surface area contributed by atoms with E-state index in [2.05, 4.69) is 6.58 Å². The van der Waals surface area contributed by atoms with Gasteiger partial charge in [-0.15, -0.1) is 0 Å². The Labute approximate surface area is 551 Å². The molecule has 1 aliphatic rings. The number of unbranched alkanes of at least 4 members (excludes halogenated alkanes) is 8. The minimum atomic E-state index is -1.26. The number of rotatable bonds is 40. The van der Waals surface area contributed by atoms with Gasteiger partial charge in [0.1, 0.15) is 75.9 Å². The SMILES string of the molecule is C=C(C)C(=O)OCCOc1c2cc(C(=O)CCCCC)cc1Cc1cc(C(=O)CCCCC)cc(c1OCCOC(=O)C(C)=O)Cc1cc(C(=O)CCCCC)cc(c1OCCOC(=O)C(=O)OCC)Cc1cc(C(=O)CCCCC)cc(c1OCCOC(=O)C(C)=O)C2. The molecule has 0 radical (unpaired) electrons. The molecule has 1 aliphatic carbocycles. The van der Waals surface area contributed by atoms with Gasteiger partial charge in [-0.05, 0) is 133 Å². The summed E-state index contributed by atoms with van der Waals surface area (Å²) in [6, 6.07) is 13.6. The van der Waals surface area contributed by atoms with Crippen molar-refractivity contribution in [2.45, 2.75) is 184 Å². The highest BCUT2D eigenvalue weighted by atomic mass is 16.6. The highest BCUT2D eigenvalue weighted by Gasteiger charge is 2.29. The number of carbonyl (C=O) groups is 11. The first-order valence-corrected chi connectivity index (χ1v) is 32.9. The Morgan fingerprint density at radius 1 is 0.309 bits per heavy atom. The first kappa shape index (κ1) is 75.9. The molecule has 0 atom stereocenters. The summed E-state index contributed by atoms with van der Waals surface area (Å²) in [6.07, 6.45) is 8.89. The summed E-state index contributed by atoms with van der Waals surface area (Å²) in [5, 5.41) is 0. The smallest absolute Gasteiger partial charge is 0.417 e. The second kappa shape index (κ2) is 39.7. The van der Waals surface area contributed by atoms with Crippen LogP contribution in [0.1, 0.15) is 244 Å². The number of esters is 5. The third-order valence-electron chi connectivity index (χ3n) is 15.4. The molecule has 4 aromatic carbocycles. The first-order valence-electron chi connectivity index (χ1n) is 32.9. The molecule has 0 aliphatic heterocycles. The number of hydrogen-bond donors (Lipinski definition) is 0. The number of fused-ring (bicyclic) bond motifs is 8. The standard InChI is InChI=1S/C74H92O20/c1-10-15-19-23-62(77)50-35-54-43-56-37-51(63(78)24-20-16-11-2)39-58(67(56)88-28-32-92-71(82)48(8)75)45-60-41-53(65(80)26-22-18-13-4)42-61(69(60)90-30-34-94-74(85)73(84)86-14-5)46-59-40-52(64(79)25-21-17-12-3)38-57(68(59)89-29-33-93-72(83)49(9)76)44-55(36-50)66(54)87-27-31-91-70(81)47(6)7/h35-42H,6,10-34,43-46H2,1-5,7-9H3. The molecular weight excluding hydrogens is 1210 g/mol. The van der Waals surface area contributed by atoms with Crippen LogP contribution in [0.15, 0.2) is 60.7 Å². The molecule has 8 bridgehead atoms. The Kier molecular flexibility index (Phi) is 32.0. The van der Waals surface area contributed by atoms with Crippen LogP contribution in [0.5, 0.6) is 23.0 Å². The average Bonchev–Trinajstić information content (AvgIpc) is 0.771. The monoisotopic (exact) mass is 1300 g/mol. The molecule has 0 saturated carbocycles. The maximum absolute atomic E-state index is 14.7. The van der Waals surface area contributed by atoms with Crippen molar-refractivity contribution in [1.29, 1.82) is 0 Å². The zero-order valence-electron chi connectivity index (χ0n) is 56.0. The normalized spacial score (nSPS) is 11.5. The number of benzene rings is 4. The molecule has 4 aromatic rings. The topological polar surface area (TPSA) is 271 Å². The van der Waals surface area contributed by atoms with Crippen molar-refractivity contribution in [1.82, 2.24) is 0 Å². The number of ketones is 6. The summed E-state index contributed by atoms with van der Waals surface area (Å²) in [6.45, 7) is 14.3. The molecule has 0 fully saturated rings. The second-order valence-corrected chi connectivity index (χ2v) is 23.3. The van der Waals surface area contributed by atoms with Crippen molar-refractivity contribution in [3.8, 4) is 23.0 Å². The number of Topliss-reactive ketones (excluding diaryl/α,β-unsaturated/α-hetero) is 6. The molecule has 20 heteroatoms. The van der Waals surface area contributed by atoms with Crippen LogP contribution in [0.25, 0.3) is 0 Å². The van der Waals surface area contributed by atoms with Gasteiger partial charge in [-0.3, -0.25) is 28.8 Å². The Hall–Kier alpha value is -8.81. The van der Waals surface area contributed by atoms with Gasteiger partial charge in [-0.1, -0.05) is 85.6 Å². The number of hydrogen-bond acceptors (Lipinski definition) is 20. The van der Waals surface area contributed by atoms with E-state index in [1.54, 1.807) is 48.5 Å². The summed E-state index contributed by atoms with van der Waals surface area (Å²) in [5.74, 6) is -6.97. The van der Waals surface area contributed by atoms with Gasteiger partial charge < -0.3 is 42.6 Å². The van der Waals surface area contributed by atoms with Crippen LogP contribution in [0, 0.1) is 0 Å². The minimum absolute atomic E-state index is 0.0822. The Morgan fingerprint density at radius 3 is 0.745 bits per heavy atom. The fourth-order valence-corrected chi connectivity index (χ4v) is 10.7. The third kappa shape index (κ3) is 23.6. The van der Waals surface area contributed by atoms with E-state index >= 15 is 0 Å². The fourth-order valence-electron chi connectivity index (χ4n) is 10.7. The molecule has 0 unspecified atom stereocenters. The van der Waals surface area contributed by atoms with Crippen molar-refractivity contribution in [2.75, 3.05) is 59.5 Å². The van der Waals surface area contributed by atoms with E-state index in [1.165, 1.54) is 13.8 Å². The lowest BCUT2D eigenvalue weighted by Gasteiger charge is -2.25. The van der Waals surface area contributed by atoms with Gasteiger partial charge in [0.15, 0.2) is 23.1 Å². The summed E-state index contributed by atoms with van der Waals surface area (Å²) in [4.78, 5) is 146. The minimum Gasteiger partial charge on any atom is -0.489 e.